The van der Waals surface area contributed by atoms with Crippen molar-refractivity contribution in [2.45, 2.75) is 0 Å². The molecular formula is C18H16N4O3S. The average Bonchev–Trinajstić information content (AvgIpc) is 3.40. The molecule has 0 aromatic carbocycles. The van der Waals surface area contributed by atoms with Crippen LogP contribution in [0.5, 0.6) is 0 Å². The lowest BCUT2D eigenvalue weighted by Gasteiger charge is -2.34. The van der Waals surface area contributed by atoms with Gasteiger partial charge >= 0.3 is 0 Å². The molecule has 8 heteroatoms. The van der Waals surface area contributed by atoms with E-state index in [1.807, 2.05) is 12.1 Å². The molecule has 0 unspecified atom stereocenters. The summed E-state index contributed by atoms with van der Waals surface area (Å²) in [6.07, 6.45) is 4.91. The van der Waals surface area contributed by atoms with E-state index in [0.29, 0.717) is 37.6 Å². The third kappa shape index (κ3) is 3.23. The van der Waals surface area contributed by atoms with Crippen LogP contribution in [0.1, 0.15) is 21.0 Å². The molecule has 26 heavy (non-hydrogen) atoms. The van der Waals surface area contributed by atoms with Crippen LogP contribution in [0.3, 0.4) is 0 Å². The van der Waals surface area contributed by atoms with Crippen LogP contribution in [-0.2, 0) is 0 Å². The first-order valence-corrected chi connectivity index (χ1v) is 9.08. The maximum atomic E-state index is 12.7. The molecule has 3 aromatic heterocycles. The van der Waals surface area contributed by atoms with Gasteiger partial charge in [-0.25, -0.2) is 4.98 Å². The van der Waals surface area contributed by atoms with Crippen molar-refractivity contribution >= 4 is 23.2 Å². The minimum absolute atomic E-state index is 0.110. The Labute approximate surface area is 153 Å². The lowest BCUT2D eigenvalue weighted by molar-refractivity contribution is 0.0515. The molecule has 1 fully saturated rings. The highest BCUT2D eigenvalue weighted by Gasteiger charge is 2.27. The van der Waals surface area contributed by atoms with E-state index in [1.165, 1.54) is 17.6 Å². The molecule has 0 N–H and O–H groups in total. The molecule has 1 saturated heterocycles. The summed E-state index contributed by atoms with van der Waals surface area (Å²) in [6.45, 7) is 1.91. The highest BCUT2D eigenvalue weighted by Crippen LogP contribution is 2.23. The lowest BCUT2D eigenvalue weighted by Crippen LogP contribution is -2.50. The Kier molecular flexibility index (Phi) is 4.49. The molecule has 0 bridgehead atoms. The number of aromatic nitrogens is 2. The van der Waals surface area contributed by atoms with Gasteiger partial charge in [-0.2, -0.15) is 0 Å². The number of hydrogen-bond donors (Lipinski definition) is 0. The summed E-state index contributed by atoms with van der Waals surface area (Å²) in [4.78, 5) is 36.9. The molecule has 4 rings (SSSR count). The Balaban J connectivity index is 1.40. The van der Waals surface area contributed by atoms with E-state index in [9.17, 15) is 9.59 Å². The Bertz CT molecular complexity index is 900. The zero-order chi connectivity index (χ0) is 17.9. The number of amides is 2. The molecule has 0 saturated carbocycles. The van der Waals surface area contributed by atoms with E-state index in [1.54, 1.807) is 39.7 Å². The molecule has 0 aliphatic carbocycles. The Hall–Kier alpha value is -3.00. The Morgan fingerprint density at radius 2 is 1.81 bits per heavy atom. The number of hydrogen-bond acceptors (Lipinski definition) is 6. The number of carbonyl (C=O) groups excluding carboxylic acids is 2. The second kappa shape index (κ2) is 7.09. The molecule has 7 nitrogen and oxygen atoms in total. The maximum absolute atomic E-state index is 12.7. The van der Waals surface area contributed by atoms with E-state index >= 15 is 0 Å². The second-order valence-corrected chi connectivity index (χ2v) is 6.70. The fourth-order valence-electron chi connectivity index (χ4n) is 2.82. The molecule has 132 valence electrons. The number of carbonyl (C=O) groups is 2. The zero-order valence-electron chi connectivity index (χ0n) is 13.9. The van der Waals surface area contributed by atoms with Crippen LogP contribution >= 0.6 is 11.3 Å². The lowest BCUT2D eigenvalue weighted by atomic mass is 10.2. The molecule has 1 aliphatic heterocycles. The first-order chi connectivity index (χ1) is 12.7. The standard InChI is InChI=1S/C18H16N4O3S/c23-17(14-12-26-16(20-14)13-3-1-5-19-11-13)21-6-8-22(9-7-21)18(24)15-4-2-10-25-15/h1-5,10-12H,6-9H2. The molecular weight excluding hydrogens is 352 g/mol. The first kappa shape index (κ1) is 16.5. The van der Waals surface area contributed by atoms with Gasteiger partial charge in [-0.15, -0.1) is 11.3 Å². The van der Waals surface area contributed by atoms with Gasteiger partial charge in [-0.05, 0) is 24.3 Å². The summed E-state index contributed by atoms with van der Waals surface area (Å²) < 4.78 is 5.15. The molecule has 4 heterocycles. The molecule has 3 aromatic rings. The van der Waals surface area contributed by atoms with Gasteiger partial charge in [0.05, 0.1) is 6.26 Å². The Morgan fingerprint density at radius 3 is 2.46 bits per heavy atom. The summed E-state index contributed by atoms with van der Waals surface area (Å²) in [5.41, 5.74) is 1.32. The second-order valence-electron chi connectivity index (χ2n) is 5.84. The monoisotopic (exact) mass is 368 g/mol. The van der Waals surface area contributed by atoms with Crippen LogP contribution in [0.4, 0.5) is 0 Å². The van der Waals surface area contributed by atoms with E-state index in [0.717, 1.165) is 10.6 Å². The summed E-state index contributed by atoms with van der Waals surface area (Å²) in [6, 6.07) is 7.09. The largest absolute Gasteiger partial charge is 0.459 e. The minimum Gasteiger partial charge on any atom is -0.459 e. The summed E-state index contributed by atoms with van der Waals surface area (Å²) in [5, 5.41) is 2.54. The topological polar surface area (TPSA) is 79.5 Å². The van der Waals surface area contributed by atoms with Crippen LogP contribution in [0.15, 0.2) is 52.7 Å². The smallest absolute Gasteiger partial charge is 0.289 e. The van der Waals surface area contributed by atoms with Gasteiger partial charge in [-0.3, -0.25) is 14.6 Å². The van der Waals surface area contributed by atoms with Gasteiger partial charge in [0.15, 0.2) is 5.76 Å². The normalized spacial score (nSPS) is 14.5. The van der Waals surface area contributed by atoms with E-state index < -0.39 is 0 Å². The molecule has 1 aliphatic rings. The van der Waals surface area contributed by atoms with Crippen LogP contribution in [0.25, 0.3) is 10.6 Å². The quantitative estimate of drug-likeness (QED) is 0.709. The molecule has 0 atom stereocenters. The number of pyridine rings is 1. The van der Waals surface area contributed by atoms with Crippen molar-refractivity contribution in [1.29, 1.82) is 0 Å². The fourth-order valence-corrected chi connectivity index (χ4v) is 3.61. The number of thiazole rings is 1. The Morgan fingerprint density at radius 1 is 1.04 bits per heavy atom. The van der Waals surface area contributed by atoms with E-state index in [-0.39, 0.29) is 11.8 Å². The number of nitrogens with zero attached hydrogens (tertiary/aromatic N) is 4. The van der Waals surface area contributed by atoms with E-state index in [4.69, 9.17) is 4.42 Å². The SMILES string of the molecule is O=C(c1csc(-c2cccnc2)n1)N1CCN(C(=O)c2ccco2)CC1. The highest BCUT2D eigenvalue weighted by molar-refractivity contribution is 7.13. The highest BCUT2D eigenvalue weighted by atomic mass is 32.1. The minimum atomic E-state index is -0.144. The van der Waals surface area contributed by atoms with Gasteiger partial charge in [0.2, 0.25) is 0 Å². The summed E-state index contributed by atoms with van der Waals surface area (Å²) in [5.74, 6) is 0.0708. The van der Waals surface area contributed by atoms with Gasteiger partial charge < -0.3 is 14.2 Å². The zero-order valence-corrected chi connectivity index (χ0v) is 14.7. The third-order valence-electron chi connectivity index (χ3n) is 4.22. The summed E-state index contributed by atoms with van der Waals surface area (Å²) in [7, 11) is 0. The number of furan rings is 1. The fraction of sp³-hybridized carbons (Fsp3) is 0.222. The van der Waals surface area contributed by atoms with Crippen molar-refractivity contribution in [3.05, 3.63) is 59.8 Å². The number of piperazine rings is 1. The van der Waals surface area contributed by atoms with Gasteiger partial charge in [0.1, 0.15) is 10.7 Å². The van der Waals surface area contributed by atoms with Gasteiger partial charge in [-0.1, -0.05) is 0 Å². The van der Waals surface area contributed by atoms with Crippen LogP contribution < -0.4 is 0 Å². The number of rotatable bonds is 3. The predicted octanol–water partition coefficient (Wildman–Crippen LogP) is 2.40. The van der Waals surface area contributed by atoms with Crippen LogP contribution in [0, 0.1) is 0 Å². The first-order valence-electron chi connectivity index (χ1n) is 8.20. The average molecular weight is 368 g/mol. The third-order valence-corrected chi connectivity index (χ3v) is 5.11. The predicted molar refractivity (Wildman–Crippen MR) is 95.9 cm³/mol. The van der Waals surface area contributed by atoms with Crippen molar-refractivity contribution in [3.63, 3.8) is 0 Å². The van der Waals surface area contributed by atoms with Gasteiger partial charge in [0.25, 0.3) is 11.8 Å². The molecule has 0 spiro atoms. The van der Waals surface area contributed by atoms with Crippen LogP contribution in [-0.4, -0.2) is 57.8 Å². The van der Waals surface area contributed by atoms with Crippen LogP contribution in [0.2, 0.25) is 0 Å². The van der Waals surface area contributed by atoms with Crippen molar-refractivity contribution in [1.82, 2.24) is 19.8 Å². The van der Waals surface area contributed by atoms with Crippen molar-refractivity contribution < 1.29 is 14.0 Å². The molecule has 0 radical (unpaired) electrons. The molecule has 2 amide bonds. The maximum Gasteiger partial charge on any atom is 0.289 e. The summed E-state index contributed by atoms with van der Waals surface area (Å²) >= 11 is 1.42. The van der Waals surface area contributed by atoms with Crippen molar-refractivity contribution in [2.24, 2.45) is 0 Å². The van der Waals surface area contributed by atoms with Gasteiger partial charge in [0, 0.05) is 49.5 Å². The van der Waals surface area contributed by atoms with Crippen molar-refractivity contribution in [3.8, 4) is 10.6 Å². The van der Waals surface area contributed by atoms with Crippen molar-refractivity contribution in [2.75, 3.05) is 26.2 Å². The van der Waals surface area contributed by atoms with E-state index in [2.05, 4.69) is 9.97 Å².